The number of hydrogen-bond acceptors (Lipinski definition) is 4. The Hall–Kier alpha value is -2.08. The van der Waals surface area contributed by atoms with Gasteiger partial charge in [0.2, 0.25) is 0 Å². The van der Waals surface area contributed by atoms with Gasteiger partial charge in [-0.2, -0.15) is 0 Å². The maximum atomic E-state index is 11.1. The highest BCUT2D eigenvalue weighted by atomic mass is 35.5. The molecular weight excluding hydrogens is 367 g/mol. The van der Waals surface area contributed by atoms with Gasteiger partial charge in [-0.15, -0.1) is 11.3 Å². The Bertz CT molecular complexity index is 861. The van der Waals surface area contributed by atoms with Gasteiger partial charge in [0.05, 0.1) is 12.1 Å². The zero-order valence-corrected chi connectivity index (χ0v) is 14.6. The Labute approximate surface area is 152 Å². The number of rotatable bonds is 5. The van der Waals surface area contributed by atoms with Gasteiger partial charge in [0, 0.05) is 26.2 Å². The molecule has 2 N–H and O–H groups in total. The molecule has 0 aliphatic rings. The summed E-state index contributed by atoms with van der Waals surface area (Å²) >= 11 is 13.3. The minimum Gasteiger partial charge on any atom is -0.481 e. The molecule has 0 radical (unpaired) electrons. The molecule has 3 rings (SSSR count). The molecule has 1 heterocycles. The number of hydrogen-bond donors (Lipinski definition) is 2. The van der Waals surface area contributed by atoms with Crippen LogP contribution in [0, 0.1) is 0 Å². The SMILES string of the molecule is O=C(O)Cc1sc(Nc2cc(Cl)cc(Cl)c2)nc1-c1ccccc1. The first-order valence-electron chi connectivity index (χ1n) is 7.01. The summed E-state index contributed by atoms with van der Waals surface area (Å²) in [5.74, 6) is -0.895. The number of aromatic nitrogens is 1. The number of anilines is 2. The monoisotopic (exact) mass is 378 g/mol. The molecule has 0 amide bonds. The highest BCUT2D eigenvalue weighted by molar-refractivity contribution is 7.16. The van der Waals surface area contributed by atoms with Crippen molar-refractivity contribution in [2.45, 2.75) is 6.42 Å². The number of thiazole rings is 1. The van der Waals surface area contributed by atoms with Crippen LogP contribution in [0.25, 0.3) is 11.3 Å². The third kappa shape index (κ3) is 4.06. The summed E-state index contributed by atoms with van der Waals surface area (Å²) in [6.07, 6.45) is -0.0835. The van der Waals surface area contributed by atoms with Crippen LogP contribution < -0.4 is 5.32 Å². The van der Waals surface area contributed by atoms with Gasteiger partial charge in [0.1, 0.15) is 0 Å². The van der Waals surface area contributed by atoms with E-state index in [1.54, 1.807) is 18.2 Å². The fourth-order valence-electron chi connectivity index (χ4n) is 2.23. The molecule has 0 aliphatic heterocycles. The smallest absolute Gasteiger partial charge is 0.308 e. The summed E-state index contributed by atoms with van der Waals surface area (Å²) in [5.41, 5.74) is 2.24. The fraction of sp³-hybridized carbons (Fsp3) is 0.0588. The van der Waals surface area contributed by atoms with E-state index in [1.807, 2.05) is 30.3 Å². The Balaban J connectivity index is 1.97. The van der Waals surface area contributed by atoms with E-state index in [9.17, 15) is 4.79 Å². The predicted molar refractivity (Wildman–Crippen MR) is 98.6 cm³/mol. The highest BCUT2D eigenvalue weighted by Gasteiger charge is 2.16. The van der Waals surface area contributed by atoms with E-state index in [0.29, 0.717) is 31.4 Å². The van der Waals surface area contributed by atoms with Crippen LogP contribution in [-0.2, 0) is 11.2 Å². The lowest BCUT2D eigenvalue weighted by atomic mass is 10.1. The zero-order chi connectivity index (χ0) is 17.1. The maximum absolute atomic E-state index is 11.1. The molecule has 2 aromatic carbocycles. The van der Waals surface area contributed by atoms with Gasteiger partial charge in [-0.1, -0.05) is 53.5 Å². The van der Waals surface area contributed by atoms with E-state index >= 15 is 0 Å². The van der Waals surface area contributed by atoms with Crippen LogP contribution in [0.15, 0.2) is 48.5 Å². The van der Waals surface area contributed by atoms with Gasteiger partial charge >= 0.3 is 5.97 Å². The molecule has 0 spiro atoms. The zero-order valence-electron chi connectivity index (χ0n) is 12.3. The summed E-state index contributed by atoms with van der Waals surface area (Å²) < 4.78 is 0. The first kappa shape index (κ1) is 16.8. The first-order valence-corrected chi connectivity index (χ1v) is 8.58. The van der Waals surface area contributed by atoms with Crippen molar-refractivity contribution < 1.29 is 9.90 Å². The van der Waals surface area contributed by atoms with Gasteiger partial charge in [-0.25, -0.2) is 4.98 Å². The first-order chi connectivity index (χ1) is 11.5. The van der Waals surface area contributed by atoms with Crippen LogP contribution >= 0.6 is 34.5 Å². The number of nitrogens with one attached hydrogen (secondary N) is 1. The van der Waals surface area contributed by atoms with Crippen LogP contribution in [-0.4, -0.2) is 16.1 Å². The van der Waals surface area contributed by atoms with Crippen LogP contribution in [0.3, 0.4) is 0 Å². The molecule has 0 bridgehead atoms. The number of benzene rings is 2. The van der Waals surface area contributed by atoms with Crippen molar-refractivity contribution in [2.24, 2.45) is 0 Å². The third-order valence-electron chi connectivity index (χ3n) is 3.17. The summed E-state index contributed by atoms with van der Waals surface area (Å²) in [5, 5.41) is 13.9. The lowest BCUT2D eigenvalue weighted by Crippen LogP contribution is -1.99. The van der Waals surface area contributed by atoms with Gasteiger partial charge in [-0.05, 0) is 18.2 Å². The van der Waals surface area contributed by atoms with E-state index in [4.69, 9.17) is 28.3 Å². The average Bonchev–Trinajstić information content (AvgIpc) is 2.88. The summed E-state index contributed by atoms with van der Waals surface area (Å²) in [4.78, 5) is 16.4. The topological polar surface area (TPSA) is 62.2 Å². The largest absolute Gasteiger partial charge is 0.481 e. The van der Waals surface area contributed by atoms with Gasteiger partial charge in [-0.3, -0.25) is 4.79 Å². The number of nitrogens with zero attached hydrogens (tertiary/aromatic N) is 1. The highest BCUT2D eigenvalue weighted by Crippen LogP contribution is 2.34. The van der Waals surface area contributed by atoms with E-state index in [0.717, 1.165) is 5.56 Å². The lowest BCUT2D eigenvalue weighted by Gasteiger charge is -2.03. The second-order valence-electron chi connectivity index (χ2n) is 5.01. The van der Waals surface area contributed by atoms with Gasteiger partial charge < -0.3 is 10.4 Å². The molecule has 7 heteroatoms. The molecule has 0 unspecified atom stereocenters. The Morgan fingerprint density at radius 3 is 2.42 bits per heavy atom. The van der Waals surface area contributed by atoms with Crippen molar-refractivity contribution >= 4 is 51.3 Å². The van der Waals surface area contributed by atoms with Gasteiger partial charge in [0.25, 0.3) is 0 Å². The van der Waals surface area contributed by atoms with Crippen molar-refractivity contribution in [1.82, 2.24) is 4.98 Å². The fourth-order valence-corrected chi connectivity index (χ4v) is 3.75. The Morgan fingerprint density at radius 2 is 1.79 bits per heavy atom. The molecule has 24 heavy (non-hydrogen) atoms. The van der Waals surface area contributed by atoms with Crippen molar-refractivity contribution in [3.63, 3.8) is 0 Å². The normalized spacial score (nSPS) is 10.6. The van der Waals surface area contributed by atoms with Crippen LogP contribution in [0.4, 0.5) is 10.8 Å². The summed E-state index contributed by atoms with van der Waals surface area (Å²) in [6.45, 7) is 0. The summed E-state index contributed by atoms with van der Waals surface area (Å²) in [7, 11) is 0. The Morgan fingerprint density at radius 1 is 1.12 bits per heavy atom. The van der Waals surface area contributed by atoms with Gasteiger partial charge in [0.15, 0.2) is 5.13 Å². The molecule has 0 saturated carbocycles. The predicted octanol–water partition coefficient (Wildman–Crippen LogP) is 5.49. The molecule has 122 valence electrons. The molecule has 1 aromatic heterocycles. The molecule has 0 atom stereocenters. The molecule has 3 aromatic rings. The number of carboxylic acid groups (broad SMARTS) is 1. The third-order valence-corrected chi connectivity index (χ3v) is 4.58. The van der Waals surface area contributed by atoms with E-state index < -0.39 is 5.97 Å². The number of carbonyl (C=O) groups is 1. The second-order valence-corrected chi connectivity index (χ2v) is 6.97. The quantitative estimate of drug-likeness (QED) is 0.616. The van der Waals surface area contributed by atoms with Crippen molar-refractivity contribution in [3.8, 4) is 11.3 Å². The molecule has 4 nitrogen and oxygen atoms in total. The van der Waals surface area contributed by atoms with Crippen LogP contribution in [0.2, 0.25) is 10.0 Å². The van der Waals surface area contributed by atoms with Crippen LogP contribution in [0.1, 0.15) is 4.88 Å². The standard InChI is InChI=1S/C17H12Cl2N2O2S/c18-11-6-12(19)8-13(7-11)20-17-21-16(10-4-2-1-3-5-10)14(24-17)9-15(22)23/h1-8H,9H2,(H,20,21)(H,22,23). The average molecular weight is 379 g/mol. The molecular formula is C17H12Cl2N2O2S. The second kappa shape index (κ2) is 7.21. The van der Waals surface area contributed by atoms with Crippen molar-refractivity contribution in [1.29, 1.82) is 0 Å². The molecule has 0 fully saturated rings. The van der Waals surface area contributed by atoms with E-state index in [1.165, 1.54) is 11.3 Å². The minimum atomic E-state index is -0.895. The van der Waals surface area contributed by atoms with Crippen molar-refractivity contribution in [2.75, 3.05) is 5.32 Å². The molecule has 0 saturated heterocycles. The Kier molecular flexibility index (Phi) is 5.04. The molecule has 0 aliphatic carbocycles. The number of halogens is 2. The lowest BCUT2D eigenvalue weighted by molar-refractivity contribution is -0.136. The number of aliphatic carboxylic acids is 1. The number of carboxylic acids is 1. The van der Waals surface area contributed by atoms with E-state index in [-0.39, 0.29) is 6.42 Å². The maximum Gasteiger partial charge on any atom is 0.308 e. The summed E-state index contributed by atoms with van der Waals surface area (Å²) in [6, 6.07) is 14.6. The van der Waals surface area contributed by atoms with Crippen LogP contribution in [0.5, 0.6) is 0 Å². The minimum absolute atomic E-state index is 0.0835. The van der Waals surface area contributed by atoms with E-state index in [2.05, 4.69) is 10.3 Å². The van der Waals surface area contributed by atoms with Crippen molar-refractivity contribution in [3.05, 3.63) is 63.5 Å².